The Bertz CT molecular complexity index is 684. The Labute approximate surface area is 130 Å². The number of nitrogens with two attached hydrogens (primary N) is 1. The van der Waals surface area contributed by atoms with Gasteiger partial charge in [-0.2, -0.15) is 0 Å². The quantitative estimate of drug-likeness (QED) is 0.661. The van der Waals surface area contributed by atoms with Gasteiger partial charge in [-0.05, 0) is 30.3 Å². The number of ether oxygens (including phenoxy) is 1. The number of benzene rings is 2. The van der Waals surface area contributed by atoms with Crippen LogP contribution in [-0.2, 0) is 0 Å². The third kappa shape index (κ3) is 3.37. The minimum absolute atomic E-state index is 0.183. The second kappa shape index (κ2) is 6.20. The lowest BCUT2D eigenvalue weighted by Crippen LogP contribution is -2.13. The number of carbonyl (C=O) groups excluding carboxylic acids is 1. The number of hydrogen-bond acceptors (Lipinski definition) is 3. The highest BCUT2D eigenvalue weighted by Gasteiger charge is 2.15. The van der Waals surface area contributed by atoms with E-state index < -0.39 is 11.7 Å². The van der Waals surface area contributed by atoms with Crippen molar-refractivity contribution in [2.75, 3.05) is 18.2 Å². The lowest BCUT2D eigenvalue weighted by atomic mass is 10.1. The van der Waals surface area contributed by atoms with Crippen molar-refractivity contribution < 1.29 is 13.9 Å². The van der Waals surface area contributed by atoms with Crippen LogP contribution >= 0.6 is 23.2 Å². The molecular weight excluding hydrogens is 318 g/mol. The lowest BCUT2D eigenvalue weighted by molar-refractivity contribution is 0.102. The fourth-order valence-corrected chi connectivity index (χ4v) is 2.22. The molecule has 0 aliphatic rings. The third-order valence-electron chi connectivity index (χ3n) is 2.71. The molecule has 0 fully saturated rings. The van der Waals surface area contributed by atoms with E-state index in [-0.39, 0.29) is 21.3 Å². The van der Waals surface area contributed by atoms with E-state index >= 15 is 0 Å². The van der Waals surface area contributed by atoms with Crippen LogP contribution in [0.15, 0.2) is 30.3 Å². The second-order valence-electron chi connectivity index (χ2n) is 4.17. The second-order valence-corrected chi connectivity index (χ2v) is 4.98. The molecule has 0 aliphatic carbocycles. The topological polar surface area (TPSA) is 64.3 Å². The standard InChI is InChI=1S/C14H11Cl2FN2O2/c1-21-12-3-2-7(18)4-9(12)14(20)19-8-5-10(15)13(17)11(16)6-8/h2-6H,18H2,1H3,(H,19,20). The van der Waals surface area contributed by atoms with Crippen LogP contribution in [0, 0.1) is 5.82 Å². The van der Waals surface area contributed by atoms with Crippen molar-refractivity contribution in [1.82, 2.24) is 0 Å². The average Bonchev–Trinajstić information content (AvgIpc) is 2.44. The van der Waals surface area contributed by atoms with Crippen LogP contribution in [0.3, 0.4) is 0 Å². The molecule has 0 unspecified atom stereocenters. The molecule has 21 heavy (non-hydrogen) atoms. The molecule has 110 valence electrons. The zero-order valence-corrected chi connectivity index (χ0v) is 12.4. The molecular formula is C14H11Cl2FN2O2. The lowest BCUT2D eigenvalue weighted by Gasteiger charge is -2.11. The maximum absolute atomic E-state index is 13.3. The number of amides is 1. The molecule has 1 amide bonds. The highest BCUT2D eigenvalue weighted by atomic mass is 35.5. The van der Waals surface area contributed by atoms with E-state index in [4.69, 9.17) is 33.7 Å². The van der Waals surface area contributed by atoms with Crippen LogP contribution in [0.4, 0.5) is 15.8 Å². The van der Waals surface area contributed by atoms with Gasteiger partial charge in [0.1, 0.15) is 5.75 Å². The summed E-state index contributed by atoms with van der Waals surface area (Å²) in [4.78, 5) is 12.2. The Morgan fingerprint density at radius 2 is 1.86 bits per heavy atom. The summed E-state index contributed by atoms with van der Waals surface area (Å²) in [6.07, 6.45) is 0. The van der Waals surface area contributed by atoms with Gasteiger partial charge in [-0.25, -0.2) is 4.39 Å². The fraction of sp³-hybridized carbons (Fsp3) is 0.0714. The minimum atomic E-state index is -0.738. The van der Waals surface area contributed by atoms with E-state index in [0.29, 0.717) is 11.4 Å². The van der Waals surface area contributed by atoms with Crippen molar-refractivity contribution in [2.45, 2.75) is 0 Å². The van der Waals surface area contributed by atoms with Gasteiger partial charge >= 0.3 is 0 Å². The highest BCUT2D eigenvalue weighted by molar-refractivity contribution is 6.35. The molecule has 2 aromatic rings. The maximum Gasteiger partial charge on any atom is 0.259 e. The van der Waals surface area contributed by atoms with Crippen LogP contribution in [0.2, 0.25) is 10.0 Å². The first-order chi connectivity index (χ1) is 9.92. The van der Waals surface area contributed by atoms with Gasteiger partial charge < -0.3 is 15.8 Å². The molecule has 0 saturated carbocycles. The summed E-state index contributed by atoms with van der Waals surface area (Å²) in [5, 5.41) is 2.19. The van der Waals surface area contributed by atoms with Crippen molar-refractivity contribution in [3.05, 3.63) is 51.8 Å². The maximum atomic E-state index is 13.3. The van der Waals surface area contributed by atoms with Crippen LogP contribution < -0.4 is 15.8 Å². The van der Waals surface area contributed by atoms with E-state index in [0.717, 1.165) is 0 Å². The molecule has 0 bridgehead atoms. The number of rotatable bonds is 3. The van der Waals surface area contributed by atoms with E-state index in [1.807, 2.05) is 0 Å². The van der Waals surface area contributed by atoms with Crippen molar-refractivity contribution in [2.24, 2.45) is 0 Å². The fourth-order valence-electron chi connectivity index (χ4n) is 1.73. The smallest absolute Gasteiger partial charge is 0.259 e. The minimum Gasteiger partial charge on any atom is -0.496 e. The largest absolute Gasteiger partial charge is 0.496 e. The van der Waals surface area contributed by atoms with Gasteiger partial charge in [0.25, 0.3) is 5.91 Å². The first kappa shape index (κ1) is 15.4. The molecule has 0 spiro atoms. The summed E-state index contributed by atoms with van der Waals surface area (Å²) in [7, 11) is 1.44. The number of nitrogens with one attached hydrogen (secondary N) is 1. The van der Waals surface area contributed by atoms with Crippen molar-refractivity contribution in [3.63, 3.8) is 0 Å². The van der Waals surface area contributed by atoms with Gasteiger partial charge in [0.05, 0.1) is 22.7 Å². The van der Waals surface area contributed by atoms with E-state index in [9.17, 15) is 9.18 Å². The van der Waals surface area contributed by atoms with E-state index in [1.54, 1.807) is 12.1 Å². The number of halogens is 3. The van der Waals surface area contributed by atoms with Crippen molar-refractivity contribution in [3.8, 4) is 5.75 Å². The molecule has 2 rings (SSSR count). The van der Waals surface area contributed by atoms with E-state index in [2.05, 4.69) is 5.32 Å². The van der Waals surface area contributed by atoms with Crippen LogP contribution in [0.25, 0.3) is 0 Å². The van der Waals surface area contributed by atoms with Gasteiger partial charge in [0.15, 0.2) is 5.82 Å². The normalized spacial score (nSPS) is 10.3. The monoisotopic (exact) mass is 328 g/mol. The molecule has 0 atom stereocenters. The Morgan fingerprint density at radius 1 is 1.24 bits per heavy atom. The summed E-state index contributed by atoms with van der Waals surface area (Å²) in [5.74, 6) is -0.850. The number of hydrogen-bond donors (Lipinski definition) is 2. The zero-order chi connectivity index (χ0) is 15.6. The summed E-state index contributed by atoms with van der Waals surface area (Å²) in [5.41, 5.74) is 6.58. The zero-order valence-electron chi connectivity index (χ0n) is 10.9. The molecule has 4 nitrogen and oxygen atoms in total. The van der Waals surface area contributed by atoms with Crippen molar-refractivity contribution in [1.29, 1.82) is 0 Å². The number of nitrogen functional groups attached to an aromatic ring is 1. The van der Waals surface area contributed by atoms with Crippen molar-refractivity contribution >= 4 is 40.5 Å². The first-order valence-corrected chi connectivity index (χ1v) is 6.57. The first-order valence-electron chi connectivity index (χ1n) is 5.81. The Hall–Kier alpha value is -1.98. The molecule has 2 aromatic carbocycles. The van der Waals surface area contributed by atoms with Gasteiger partial charge in [-0.15, -0.1) is 0 Å². The summed E-state index contributed by atoms with van der Waals surface area (Å²) in [6, 6.07) is 7.19. The van der Waals surface area contributed by atoms with Crippen LogP contribution in [-0.4, -0.2) is 13.0 Å². The molecule has 7 heteroatoms. The molecule has 0 aliphatic heterocycles. The Balaban J connectivity index is 2.32. The molecule has 0 saturated heterocycles. The highest BCUT2D eigenvalue weighted by Crippen LogP contribution is 2.28. The molecule has 0 aromatic heterocycles. The Kier molecular flexibility index (Phi) is 4.55. The third-order valence-corrected chi connectivity index (χ3v) is 3.26. The number of carbonyl (C=O) groups is 1. The summed E-state index contributed by atoms with van der Waals surface area (Å²) in [6.45, 7) is 0. The predicted octanol–water partition coefficient (Wildman–Crippen LogP) is 3.98. The number of anilines is 2. The molecule has 3 N–H and O–H groups in total. The van der Waals surface area contributed by atoms with Gasteiger partial charge in [-0.3, -0.25) is 4.79 Å². The van der Waals surface area contributed by atoms with E-state index in [1.165, 1.54) is 25.3 Å². The number of methoxy groups -OCH3 is 1. The van der Waals surface area contributed by atoms with Gasteiger partial charge in [-0.1, -0.05) is 23.2 Å². The van der Waals surface area contributed by atoms with Gasteiger partial charge in [0, 0.05) is 11.4 Å². The molecule has 0 radical (unpaired) electrons. The summed E-state index contributed by atoms with van der Waals surface area (Å²) >= 11 is 11.4. The van der Waals surface area contributed by atoms with Gasteiger partial charge in [0.2, 0.25) is 0 Å². The average molecular weight is 329 g/mol. The van der Waals surface area contributed by atoms with Crippen LogP contribution in [0.5, 0.6) is 5.75 Å². The molecule has 0 heterocycles. The Morgan fingerprint density at radius 3 is 2.43 bits per heavy atom. The van der Waals surface area contributed by atoms with Crippen LogP contribution in [0.1, 0.15) is 10.4 Å². The SMILES string of the molecule is COc1ccc(N)cc1C(=O)Nc1cc(Cl)c(F)c(Cl)c1. The predicted molar refractivity (Wildman–Crippen MR) is 81.8 cm³/mol. The summed E-state index contributed by atoms with van der Waals surface area (Å²) < 4.78 is 18.4.